The van der Waals surface area contributed by atoms with E-state index in [1.54, 1.807) is 0 Å². The number of aliphatic hydroxyl groups is 1. The molecule has 0 amide bonds. The summed E-state index contributed by atoms with van der Waals surface area (Å²) in [6, 6.07) is 0. The third kappa shape index (κ3) is 53.6. The van der Waals surface area contributed by atoms with Crippen molar-refractivity contribution in [3.8, 4) is 0 Å². The first kappa shape index (κ1) is 14.2. The number of hydrogen-bond donors (Lipinski definition) is 1. The molecule has 1 N–H and O–H groups in total. The Labute approximate surface area is 80.6 Å². The molecule has 0 aromatic carbocycles. The van der Waals surface area contributed by atoms with Crippen molar-refractivity contribution < 1.29 is 15.3 Å². The molecule has 0 spiro atoms. The maximum absolute atomic E-state index is 8.07. The molecular formula is C4H10Cl4OV. The summed E-state index contributed by atoms with van der Waals surface area (Å²) in [6.45, 7) is 2.40. The van der Waals surface area contributed by atoms with Crippen LogP contribution in [0.5, 0.6) is 0 Å². The zero-order chi connectivity index (χ0) is 8.62. The topological polar surface area (TPSA) is 20.2 Å². The van der Waals surface area contributed by atoms with Crippen molar-refractivity contribution in [1.82, 2.24) is 0 Å². The molecule has 0 radical (unpaired) electrons. The van der Waals surface area contributed by atoms with E-state index >= 15 is 0 Å². The first-order valence-corrected chi connectivity index (χ1v) is 10.4. The molecular weight excluding hydrogens is 257 g/mol. The van der Waals surface area contributed by atoms with Crippen molar-refractivity contribution >= 4 is 39.4 Å². The zero-order valence-electron chi connectivity index (χ0n) is 5.53. The second-order valence-corrected chi connectivity index (χ2v) is 15.3. The van der Waals surface area contributed by atoms with Gasteiger partial charge in [0.1, 0.15) is 0 Å². The normalized spacial score (nSPS) is 10.2. The quantitative estimate of drug-likeness (QED) is 0.811. The second kappa shape index (κ2) is 8.80. The number of halogens is 4. The fraction of sp³-hybridized carbons (Fsp3) is 1.00. The standard InChI is InChI=1S/C4H10O.4ClH.V/c1-2-3-4-5;;;;;/h5H,2-4H2,1H3;4*1H;/q;;;;;+4/p-4. The molecule has 0 fully saturated rings. The molecule has 0 aliphatic rings. The summed E-state index contributed by atoms with van der Waals surface area (Å²) in [5.74, 6) is 0. The molecule has 0 aromatic rings. The summed E-state index contributed by atoms with van der Waals surface area (Å²) < 4.78 is 0. The average Bonchev–Trinajstić information content (AvgIpc) is 1.63. The molecule has 0 aromatic heterocycles. The van der Waals surface area contributed by atoms with Gasteiger partial charge in [0.15, 0.2) is 0 Å². The van der Waals surface area contributed by atoms with E-state index in [1.807, 2.05) is 0 Å². The van der Waals surface area contributed by atoms with Crippen LogP contribution in [0.1, 0.15) is 19.8 Å². The Hall–Kier alpha value is 1.70. The van der Waals surface area contributed by atoms with Crippen molar-refractivity contribution in [2.75, 3.05) is 6.61 Å². The SMILES string of the molecule is CCCCO.[Cl][V]([Cl])([Cl])[Cl]. The predicted octanol–water partition coefficient (Wildman–Crippen LogP) is 3.53. The first-order chi connectivity index (χ1) is 4.41. The van der Waals surface area contributed by atoms with Gasteiger partial charge in [-0.3, -0.25) is 0 Å². The summed E-state index contributed by atoms with van der Waals surface area (Å²) in [5.41, 5.74) is 0. The molecule has 0 atom stereocenters. The van der Waals surface area contributed by atoms with E-state index < -0.39 is 10.2 Å². The van der Waals surface area contributed by atoms with Gasteiger partial charge in [-0.1, -0.05) is 13.3 Å². The van der Waals surface area contributed by atoms with E-state index in [0.29, 0.717) is 6.61 Å². The van der Waals surface area contributed by atoms with Gasteiger partial charge < -0.3 is 5.11 Å². The summed E-state index contributed by atoms with van der Waals surface area (Å²) in [7, 11) is 17.0. The third-order valence-electron chi connectivity index (χ3n) is 0.512. The molecule has 0 saturated heterocycles. The van der Waals surface area contributed by atoms with Crippen LogP contribution in [0.25, 0.3) is 0 Å². The van der Waals surface area contributed by atoms with Crippen LogP contribution in [0.15, 0.2) is 0 Å². The first-order valence-electron chi connectivity index (χ1n) is 2.70. The summed E-state index contributed by atoms with van der Waals surface area (Å²) in [5, 5.41) is 8.07. The molecule has 0 rings (SSSR count). The number of aliphatic hydroxyl groups excluding tert-OH is 1. The third-order valence-corrected chi connectivity index (χ3v) is 0.512. The number of unbranched alkanes of at least 4 members (excludes halogenated alkanes) is 1. The Kier molecular flexibility index (Phi) is 12.5. The van der Waals surface area contributed by atoms with E-state index in [9.17, 15) is 0 Å². The van der Waals surface area contributed by atoms with Crippen LogP contribution in [0.4, 0.5) is 0 Å². The molecule has 6 heteroatoms. The van der Waals surface area contributed by atoms with Crippen LogP contribution in [-0.2, 0) is 10.2 Å². The molecule has 10 heavy (non-hydrogen) atoms. The molecule has 0 unspecified atom stereocenters. The van der Waals surface area contributed by atoms with E-state index in [-0.39, 0.29) is 0 Å². The molecule has 0 aliphatic heterocycles. The van der Waals surface area contributed by atoms with Crippen LogP contribution in [0, 0.1) is 0 Å². The Morgan fingerprint density at radius 3 is 1.50 bits per heavy atom. The second-order valence-electron chi connectivity index (χ2n) is 1.46. The van der Waals surface area contributed by atoms with Gasteiger partial charge in [-0.15, -0.1) is 0 Å². The summed E-state index contributed by atoms with van der Waals surface area (Å²) >= 11 is 0. The van der Waals surface area contributed by atoms with Crippen molar-refractivity contribution in [3.63, 3.8) is 0 Å². The van der Waals surface area contributed by atoms with Gasteiger partial charge in [0.05, 0.1) is 0 Å². The minimum absolute atomic E-state index is 0.344. The van der Waals surface area contributed by atoms with E-state index in [2.05, 4.69) is 6.92 Å². The molecule has 1 nitrogen and oxygen atoms in total. The molecule has 0 saturated carbocycles. The molecule has 65 valence electrons. The number of hydrogen-bond acceptors (Lipinski definition) is 1. The Balaban J connectivity index is 0. The predicted molar refractivity (Wildman–Crippen MR) is 45.4 cm³/mol. The van der Waals surface area contributed by atoms with E-state index in [0.717, 1.165) is 12.8 Å². The van der Waals surface area contributed by atoms with E-state index in [4.69, 9.17) is 44.5 Å². The average molecular weight is 267 g/mol. The van der Waals surface area contributed by atoms with Crippen molar-refractivity contribution in [3.05, 3.63) is 0 Å². The van der Waals surface area contributed by atoms with Gasteiger partial charge in [0, 0.05) is 6.61 Å². The monoisotopic (exact) mass is 265 g/mol. The fourth-order valence-corrected chi connectivity index (χ4v) is 0.158. The van der Waals surface area contributed by atoms with Gasteiger partial charge in [-0.05, 0) is 6.42 Å². The van der Waals surface area contributed by atoms with Gasteiger partial charge in [0.25, 0.3) is 0 Å². The number of rotatable bonds is 2. The maximum atomic E-state index is 8.07. The molecule has 0 heterocycles. The Bertz CT molecular complexity index is 56.8. The van der Waals surface area contributed by atoms with Crippen molar-refractivity contribution in [2.45, 2.75) is 19.8 Å². The van der Waals surface area contributed by atoms with Crippen LogP contribution in [0.2, 0.25) is 0 Å². The summed E-state index contributed by atoms with van der Waals surface area (Å²) in [6.07, 6.45) is 2.04. The van der Waals surface area contributed by atoms with Gasteiger partial charge in [-0.25, -0.2) is 0 Å². The summed E-state index contributed by atoms with van der Waals surface area (Å²) in [4.78, 5) is 0. The Morgan fingerprint density at radius 2 is 1.50 bits per heavy atom. The Morgan fingerprint density at radius 1 is 1.20 bits per heavy atom. The van der Waals surface area contributed by atoms with Crippen LogP contribution in [-0.4, -0.2) is 11.7 Å². The van der Waals surface area contributed by atoms with E-state index in [1.165, 1.54) is 0 Å². The molecule has 0 bridgehead atoms. The fourth-order valence-electron chi connectivity index (χ4n) is 0.158. The van der Waals surface area contributed by atoms with Crippen LogP contribution >= 0.6 is 39.4 Å². The van der Waals surface area contributed by atoms with Gasteiger partial charge >= 0.3 is 49.6 Å². The van der Waals surface area contributed by atoms with Crippen molar-refractivity contribution in [1.29, 1.82) is 0 Å². The van der Waals surface area contributed by atoms with Crippen molar-refractivity contribution in [2.24, 2.45) is 0 Å². The zero-order valence-corrected chi connectivity index (χ0v) is 9.95. The van der Waals surface area contributed by atoms with Crippen LogP contribution < -0.4 is 0 Å². The van der Waals surface area contributed by atoms with Crippen LogP contribution in [0.3, 0.4) is 0 Å². The van der Waals surface area contributed by atoms with Gasteiger partial charge in [-0.2, -0.15) is 0 Å². The minimum atomic E-state index is -2.99. The van der Waals surface area contributed by atoms with Gasteiger partial charge in [0.2, 0.25) is 0 Å². The molecule has 0 aliphatic carbocycles.